The first-order valence-electron chi connectivity index (χ1n) is 8.41. The largest absolute Gasteiger partial charge is 0.379 e. The lowest BCUT2D eigenvalue weighted by molar-refractivity contribution is 0.0239. The summed E-state index contributed by atoms with van der Waals surface area (Å²) in [6.45, 7) is 11.9. The summed E-state index contributed by atoms with van der Waals surface area (Å²) in [5.74, 6) is 1.11. The van der Waals surface area contributed by atoms with Crippen molar-refractivity contribution in [2.45, 2.75) is 13.0 Å². The highest BCUT2D eigenvalue weighted by Gasteiger charge is 2.23. The number of nitrogens with zero attached hydrogens (tertiary/aromatic N) is 4. The first-order valence-corrected chi connectivity index (χ1v) is 10.6. The second kappa shape index (κ2) is 10.4. The molecule has 1 unspecified atom stereocenters. The van der Waals surface area contributed by atoms with Crippen LogP contribution in [0.4, 0.5) is 5.82 Å². The quantitative estimate of drug-likeness (QED) is 0.537. The molecule has 23 heavy (non-hydrogen) atoms. The molecule has 2 aliphatic heterocycles. The first-order chi connectivity index (χ1) is 11.3. The maximum absolute atomic E-state index is 5.42. The second-order valence-corrected chi connectivity index (χ2v) is 5.97. The Kier molecular flexibility index (Phi) is 8.57. The zero-order valence-electron chi connectivity index (χ0n) is 14.3. The van der Waals surface area contributed by atoms with Crippen molar-refractivity contribution >= 4 is 28.4 Å². The fraction of sp³-hybridized carbons (Fsp3) is 0.706. The number of halogens is 1. The molecule has 0 bridgehead atoms. The van der Waals surface area contributed by atoms with E-state index < -0.39 is 0 Å². The van der Waals surface area contributed by atoms with Crippen molar-refractivity contribution in [1.82, 2.24) is 14.8 Å². The Morgan fingerprint density at radius 3 is 2.39 bits per heavy atom. The van der Waals surface area contributed by atoms with E-state index in [0.29, 0.717) is 6.04 Å². The Hall–Kier alpha value is -0.440. The van der Waals surface area contributed by atoms with Gasteiger partial charge in [0.15, 0.2) is 0 Å². The number of pyridine rings is 1. The van der Waals surface area contributed by atoms with Crippen LogP contribution >= 0.6 is 22.6 Å². The van der Waals surface area contributed by atoms with Crippen molar-refractivity contribution in [2.75, 3.05) is 68.9 Å². The Balaban J connectivity index is 0.000000924. The minimum Gasteiger partial charge on any atom is -0.379 e. The highest BCUT2D eigenvalue weighted by molar-refractivity contribution is 14.1. The van der Waals surface area contributed by atoms with Gasteiger partial charge in [-0.25, -0.2) is 4.98 Å². The van der Waals surface area contributed by atoms with Crippen molar-refractivity contribution < 1.29 is 4.74 Å². The molecule has 3 rings (SSSR count). The van der Waals surface area contributed by atoms with Gasteiger partial charge in [0.2, 0.25) is 0 Å². The first kappa shape index (κ1) is 18.9. The third kappa shape index (κ3) is 5.85. The molecule has 2 aliphatic rings. The smallest absolute Gasteiger partial charge is 0.128 e. The molecule has 1 aromatic heterocycles. The molecule has 0 radical (unpaired) electrons. The van der Waals surface area contributed by atoms with Crippen LogP contribution in [0.15, 0.2) is 24.4 Å². The number of hydrogen-bond acceptors (Lipinski definition) is 5. The van der Waals surface area contributed by atoms with E-state index in [1.54, 1.807) is 0 Å². The van der Waals surface area contributed by atoms with Crippen LogP contribution in [0.25, 0.3) is 0 Å². The van der Waals surface area contributed by atoms with Crippen LogP contribution < -0.4 is 4.90 Å². The molecule has 0 amide bonds. The Bertz CT molecular complexity index is 420. The predicted octanol–water partition coefficient (Wildman–Crippen LogP) is 1.98. The summed E-state index contributed by atoms with van der Waals surface area (Å²) >= 11 is 2.15. The molecule has 0 N–H and O–H groups in total. The zero-order valence-corrected chi connectivity index (χ0v) is 16.5. The molecule has 2 fully saturated rings. The van der Waals surface area contributed by atoms with Crippen LogP contribution in [0.3, 0.4) is 0 Å². The molecule has 1 aromatic rings. The number of alkyl halides is 1. The fourth-order valence-corrected chi connectivity index (χ4v) is 3.21. The lowest BCUT2D eigenvalue weighted by atomic mass is 10.2. The Labute approximate surface area is 154 Å². The second-order valence-electron chi connectivity index (χ2n) is 5.97. The van der Waals surface area contributed by atoms with Gasteiger partial charge < -0.3 is 9.64 Å². The summed E-state index contributed by atoms with van der Waals surface area (Å²) < 4.78 is 5.42. The molecule has 5 nitrogen and oxygen atoms in total. The van der Waals surface area contributed by atoms with E-state index in [1.807, 2.05) is 17.2 Å². The summed E-state index contributed by atoms with van der Waals surface area (Å²) in [5, 5.41) is 0. The van der Waals surface area contributed by atoms with Gasteiger partial charge in [-0.15, -0.1) is 0 Å². The maximum Gasteiger partial charge on any atom is 0.128 e. The molecule has 0 aliphatic carbocycles. The molecule has 0 saturated carbocycles. The summed E-state index contributed by atoms with van der Waals surface area (Å²) in [4.78, 5) is 13.9. The van der Waals surface area contributed by atoms with Gasteiger partial charge in [-0.1, -0.05) is 28.7 Å². The highest BCUT2D eigenvalue weighted by atomic mass is 127. The van der Waals surface area contributed by atoms with Crippen molar-refractivity contribution in [3.63, 3.8) is 0 Å². The van der Waals surface area contributed by atoms with Crippen LogP contribution in [0.1, 0.15) is 6.92 Å². The van der Waals surface area contributed by atoms with E-state index in [2.05, 4.69) is 61.3 Å². The Morgan fingerprint density at radius 1 is 1.09 bits per heavy atom. The number of aromatic nitrogens is 1. The van der Waals surface area contributed by atoms with E-state index in [9.17, 15) is 0 Å². The molecule has 0 aromatic carbocycles. The summed E-state index contributed by atoms with van der Waals surface area (Å²) in [6.07, 6.45) is 1.88. The molecule has 6 heteroatoms. The molecule has 1 atom stereocenters. The topological polar surface area (TPSA) is 31.8 Å². The summed E-state index contributed by atoms with van der Waals surface area (Å²) in [7, 11) is 0. The minimum absolute atomic E-state index is 0.619. The van der Waals surface area contributed by atoms with Gasteiger partial charge in [0.25, 0.3) is 0 Å². The van der Waals surface area contributed by atoms with Gasteiger partial charge in [-0.2, -0.15) is 0 Å². The van der Waals surface area contributed by atoms with Gasteiger partial charge in [-0.05, 0) is 24.0 Å². The zero-order chi connectivity index (χ0) is 16.5. The van der Waals surface area contributed by atoms with Crippen molar-refractivity contribution in [3.05, 3.63) is 24.4 Å². The van der Waals surface area contributed by atoms with E-state index in [4.69, 9.17) is 4.74 Å². The average molecular weight is 432 g/mol. The van der Waals surface area contributed by atoms with Crippen LogP contribution in [-0.4, -0.2) is 84.8 Å². The highest BCUT2D eigenvalue weighted by Crippen LogP contribution is 2.14. The van der Waals surface area contributed by atoms with Gasteiger partial charge in [0.05, 0.1) is 13.2 Å². The molecule has 130 valence electrons. The van der Waals surface area contributed by atoms with E-state index in [0.717, 1.165) is 64.8 Å². The molecule has 2 saturated heterocycles. The lowest BCUT2D eigenvalue weighted by Gasteiger charge is -2.40. The number of ether oxygens (including phenoxy) is 1. The fourth-order valence-electron chi connectivity index (χ4n) is 3.21. The van der Waals surface area contributed by atoms with Gasteiger partial charge in [-0.3, -0.25) is 9.80 Å². The van der Waals surface area contributed by atoms with Crippen LogP contribution in [-0.2, 0) is 4.74 Å². The van der Waals surface area contributed by atoms with Crippen molar-refractivity contribution in [3.8, 4) is 0 Å². The SMILES string of the molecule is CC(CN1CCOCC1)N1CCN(c2ccccn2)CC1.CI. The standard InChI is InChI=1S/C16H26N4O.CH3I/c1-15(14-18-10-12-21-13-11-18)19-6-8-20(9-7-19)16-4-2-3-5-17-16;1-2/h2-5,15H,6-14H2,1H3;1H3. The molecule has 0 spiro atoms. The number of morpholine rings is 1. The van der Waals surface area contributed by atoms with Crippen molar-refractivity contribution in [2.24, 2.45) is 0 Å². The van der Waals surface area contributed by atoms with Crippen LogP contribution in [0, 0.1) is 0 Å². The van der Waals surface area contributed by atoms with Crippen LogP contribution in [0.5, 0.6) is 0 Å². The average Bonchev–Trinajstić information content (AvgIpc) is 2.65. The van der Waals surface area contributed by atoms with Gasteiger partial charge in [0, 0.05) is 58.1 Å². The number of anilines is 1. The van der Waals surface area contributed by atoms with E-state index in [1.165, 1.54) is 0 Å². The van der Waals surface area contributed by atoms with E-state index >= 15 is 0 Å². The third-order valence-electron chi connectivity index (χ3n) is 4.54. The van der Waals surface area contributed by atoms with Crippen LogP contribution in [0.2, 0.25) is 0 Å². The number of hydrogen-bond donors (Lipinski definition) is 0. The normalized spacial score (nSPS) is 21.4. The lowest BCUT2D eigenvalue weighted by Crippen LogP contribution is -2.53. The maximum atomic E-state index is 5.42. The number of piperazine rings is 1. The third-order valence-corrected chi connectivity index (χ3v) is 4.54. The predicted molar refractivity (Wildman–Crippen MR) is 105 cm³/mol. The summed E-state index contributed by atoms with van der Waals surface area (Å²) in [5.41, 5.74) is 0. The number of rotatable bonds is 4. The van der Waals surface area contributed by atoms with Gasteiger partial charge >= 0.3 is 0 Å². The molecular formula is C17H29IN4O. The minimum atomic E-state index is 0.619. The molecule has 3 heterocycles. The summed E-state index contributed by atoms with van der Waals surface area (Å²) in [6, 6.07) is 6.77. The molecular weight excluding hydrogens is 403 g/mol. The van der Waals surface area contributed by atoms with E-state index in [-0.39, 0.29) is 0 Å². The monoisotopic (exact) mass is 432 g/mol. The Morgan fingerprint density at radius 2 is 1.78 bits per heavy atom. The van der Waals surface area contributed by atoms with Crippen molar-refractivity contribution in [1.29, 1.82) is 0 Å². The van der Waals surface area contributed by atoms with Gasteiger partial charge in [0.1, 0.15) is 5.82 Å².